The van der Waals surface area contributed by atoms with Crippen LogP contribution in [0.4, 0.5) is 0 Å². The Hall–Kier alpha value is -1.06. The molecule has 0 rings (SSSR count). The van der Waals surface area contributed by atoms with Gasteiger partial charge >= 0.3 is 0 Å². The number of rotatable bonds is 8. The van der Waals surface area contributed by atoms with Crippen LogP contribution in [0, 0.1) is 5.41 Å². The van der Waals surface area contributed by atoms with E-state index in [1.807, 2.05) is 27.7 Å². The summed E-state index contributed by atoms with van der Waals surface area (Å²) in [5.41, 5.74) is -0.472. The Morgan fingerprint density at radius 1 is 1.00 bits per heavy atom. The number of amides is 2. The van der Waals surface area contributed by atoms with Crippen molar-refractivity contribution in [1.29, 1.82) is 0 Å². The van der Waals surface area contributed by atoms with Crippen LogP contribution in [0.15, 0.2) is 0 Å². The highest BCUT2D eigenvalue weighted by molar-refractivity contribution is 5.89. The van der Waals surface area contributed by atoms with Gasteiger partial charge in [0.1, 0.15) is 6.04 Å². The van der Waals surface area contributed by atoms with Gasteiger partial charge in [0.15, 0.2) is 0 Å². The molecular weight excluding hydrogens is 252 g/mol. The lowest BCUT2D eigenvalue weighted by Crippen LogP contribution is -2.50. The second-order valence-corrected chi connectivity index (χ2v) is 6.70. The molecule has 0 spiro atoms. The van der Waals surface area contributed by atoms with Crippen LogP contribution >= 0.6 is 0 Å². The number of nitrogens with one attached hydrogen (secondary N) is 2. The molecule has 2 atom stereocenters. The van der Waals surface area contributed by atoms with Crippen molar-refractivity contribution in [2.45, 2.75) is 85.7 Å². The predicted octanol–water partition coefficient (Wildman–Crippen LogP) is 3.01. The zero-order valence-corrected chi connectivity index (χ0v) is 14.0. The van der Waals surface area contributed by atoms with Crippen LogP contribution in [0.25, 0.3) is 0 Å². The first-order valence-corrected chi connectivity index (χ1v) is 7.79. The van der Waals surface area contributed by atoms with E-state index in [9.17, 15) is 9.59 Å². The Bertz CT molecular complexity index is 308. The van der Waals surface area contributed by atoms with Crippen LogP contribution in [-0.4, -0.2) is 23.9 Å². The van der Waals surface area contributed by atoms with E-state index in [-0.39, 0.29) is 17.9 Å². The SMILES string of the molecule is CCCCCCC(C)NC(=O)C(C)NC(=O)C(C)(C)C. The quantitative estimate of drug-likeness (QED) is 0.673. The Labute approximate surface area is 124 Å². The smallest absolute Gasteiger partial charge is 0.242 e. The molecule has 0 fully saturated rings. The van der Waals surface area contributed by atoms with Crippen LogP contribution in [0.2, 0.25) is 0 Å². The van der Waals surface area contributed by atoms with E-state index < -0.39 is 11.5 Å². The minimum atomic E-state index is -0.486. The fourth-order valence-corrected chi connectivity index (χ4v) is 1.80. The monoisotopic (exact) mass is 284 g/mol. The van der Waals surface area contributed by atoms with E-state index in [0.717, 1.165) is 12.8 Å². The topological polar surface area (TPSA) is 58.2 Å². The van der Waals surface area contributed by atoms with Gasteiger partial charge in [0.05, 0.1) is 0 Å². The summed E-state index contributed by atoms with van der Waals surface area (Å²) in [6.45, 7) is 11.4. The van der Waals surface area contributed by atoms with Crippen molar-refractivity contribution in [3.05, 3.63) is 0 Å². The van der Waals surface area contributed by atoms with Crippen molar-refractivity contribution in [2.75, 3.05) is 0 Å². The molecule has 4 nitrogen and oxygen atoms in total. The number of carbonyl (C=O) groups is 2. The molecular formula is C16H32N2O2. The highest BCUT2D eigenvalue weighted by Crippen LogP contribution is 2.13. The van der Waals surface area contributed by atoms with E-state index >= 15 is 0 Å². The van der Waals surface area contributed by atoms with E-state index in [4.69, 9.17) is 0 Å². The first-order valence-electron chi connectivity index (χ1n) is 7.79. The van der Waals surface area contributed by atoms with Crippen molar-refractivity contribution in [2.24, 2.45) is 5.41 Å². The molecule has 20 heavy (non-hydrogen) atoms. The Balaban J connectivity index is 4.04. The molecule has 0 aromatic heterocycles. The van der Waals surface area contributed by atoms with Gasteiger partial charge in [-0.2, -0.15) is 0 Å². The molecule has 0 saturated heterocycles. The molecule has 0 aliphatic heterocycles. The first kappa shape index (κ1) is 18.9. The van der Waals surface area contributed by atoms with Crippen LogP contribution in [0.5, 0.6) is 0 Å². The van der Waals surface area contributed by atoms with Gasteiger partial charge in [0, 0.05) is 11.5 Å². The summed E-state index contributed by atoms with van der Waals surface area (Å²) in [5.74, 6) is -0.207. The first-order chi connectivity index (χ1) is 9.18. The minimum absolute atomic E-state index is 0.101. The molecule has 2 N–H and O–H groups in total. The highest BCUT2D eigenvalue weighted by Gasteiger charge is 2.25. The molecule has 2 amide bonds. The summed E-state index contributed by atoms with van der Waals surface area (Å²) in [6.07, 6.45) is 5.81. The van der Waals surface area contributed by atoms with Crippen molar-refractivity contribution < 1.29 is 9.59 Å². The molecule has 2 unspecified atom stereocenters. The molecule has 0 aromatic rings. The molecule has 0 heterocycles. The second-order valence-electron chi connectivity index (χ2n) is 6.70. The van der Waals surface area contributed by atoms with E-state index in [1.54, 1.807) is 6.92 Å². The normalized spacial score (nSPS) is 14.5. The van der Waals surface area contributed by atoms with Crippen molar-refractivity contribution in [3.8, 4) is 0 Å². The van der Waals surface area contributed by atoms with Gasteiger partial charge in [0.25, 0.3) is 0 Å². The maximum absolute atomic E-state index is 12.0. The Morgan fingerprint density at radius 3 is 2.10 bits per heavy atom. The number of carbonyl (C=O) groups excluding carboxylic acids is 2. The molecule has 0 radical (unpaired) electrons. The fraction of sp³-hybridized carbons (Fsp3) is 0.875. The fourth-order valence-electron chi connectivity index (χ4n) is 1.80. The molecule has 0 aliphatic rings. The zero-order chi connectivity index (χ0) is 15.8. The van der Waals surface area contributed by atoms with Crippen LogP contribution in [0.3, 0.4) is 0 Å². The molecule has 118 valence electrons. The third kappa shape index (κ3) is 8.18. The lowest BCUT2D eigenvalue weighted by molar-refractivity contribution is -0.133. The summed E-state index contributed by atoms with van der Waals surface area (Å²) in [7, 11) is 0. The van der Waals surface area contributed by atoms with Crippen molar-refractivity contribution in [1.82, 2.24) is 10.6 Å². The average Bonchev–Trinajstić information content (AvgIpc) is 2.33. The Morgan fingerprint density at radius 2 is 1.60 bits per heavy atom. The van der Waals surface area contributed by atoms with E-state index in [1.165, 1.54) is 19.3 Å². The van der Waals surface area contributed by atoms with E-state index in [0.29, 0.717) is 0 Å². The van der Waals surface area contributed by atoms with E-state index in [2.05, 4.69) is 17.6 Å². The van der Waals surface area contributed by atoms with Crippen LogP contribution in [-0.2, 0) is 9.59 Å². The summed E-state index contributed by atoms with van der Waals surface area (Å²) >= 11 is 0. The van der Waals surface area contributed by atoms with Gasteiger partial charge in [0.2, 0.25) is 11.8 Å². The molecule has 4 heteroatoms. The van der Waals surface area contributed by atoms with Gasteiger partial charge in [-0.3, -0.25) is 9.59 Å². The maximum Gasteiger partial charge on any atom is 0.242 e. The average molecular weight is 284 g/mol. The zero-order valence-electron chi connectivity index (χ0n) is 14.0. The van der Waals surface area contributed by atoms with Gasteiger partial charge < -0.3 is 10.6 Å². The number of hydrogen-bond acceptors (Lipinski definition) is 2. The molecule has 0 bridgehead atoms. The van der Waals surface area contributed by atoms with Gasteiger partial charge in [-0.15, -0.1) is 0 Å². The minimum Gasteiger partial charge on any atom is -0.352 e. The highest BCUT2D eigenvalue weighted by atomic mass is 16.2. The lowest BCUT2D eigenvalue weighted by Gasteiger charge is -2.23. The standard InChI is InChI=1S/C16H32N2O2/c1-7-8-9-10-11-12(2)17-14(19)13(3)18-15(20)16(4,5)6/h12-13H,7-11H2,1-6H3,(H,17,19)(H,18,20). The van der Waals surface area contributed by atoms with Gasteiger partial charge in [-0.1, -0.05) is 53.4 Å². The summed E-state index contributed by atoms with van der Waals surface area (Å²) in [4.78, 5) is 23.8. The third-order valence-electron chi connectivity index (χ3n) is 3.30. The van der Waals surface area contributed by atoms with Gasteiger partial charge in [-0.25, -0.2) is 0 Å². The number of hydrogen-bond donors (Lipinski definition) is 2. The molecule has 0 saturated carbocycles. The third-order valence-corrected chi connectivity index (χ3v) is 3.30. The molecule has 0 aromatic carbocycles. The van der Waals surface area contributed by atoms with Crippen LogP contribution in [0.1, 0.15) is 73.6 Å². The predicted molar refractivity (Wildman–Crippen MR) is 83.4 cm³/mol. The summed E-state index contributed by atoms with van der Waals surface area (Å²) in [6, 6.07) is -0.326. The number of unbranched alkanes of at least 4 members (excludes halogenated alkanes) is 3. The second kappa shape index (κ2) is 8.98. The summed E-state index contributed by atoms with van der Waals surface area (Å²) < 4.78 is 0. The largest absolute Gasteiger partial charge is 0.352 e. The van der Waals surface area contributed by atoms with Crippen LogP contribution < -0.4 is 10.6 Å². The lowest BCUT2D eigenvalue weighted by atomic mass is 9.95. The van der Waals surface area contributed by atoms with Gasteiger partial charge in [-0.05, 0) is 20.3 Å². The Kier molecular flexibility index (Phi) is 8.51. The van der Waals surface area contributed by atoms with Crippen molar-refractivity contribution >= 4 is 11.8 Å². The van der Waals surface area contributed by atoms with Crippen molar-refractivity contribution in [3.63, 3.8) is 0 Å². The molecule has 0 aliphatic carbocycles. The summed E-state index contributed by atoms with van der Waals surface area (Å²) in [5, 5.41) is 5.71. The maximum atomic E-state index is 12.0.